The zero-order valence-corrected chi connectivity index (χ0v) is 18.0. The van der Waals surface area contributed by atoms with Crippen LogP contribution in [0.15, 0.2) is 47.4 Å². The van der Waals surface area contributed by atoms with Crippen LogP contribution in [-0.4, -0.2) is 27.7 Å². The first-order valence-electron chi connectivity index (χ1n) is 10.2. The third-order valence-corrected chi connectivity index (χ3v) is 7.81. The molecule has 2 aliphatic carbocycles. The third kappa shape index (κ3) is 3.83. The summed E-state index contributed by atoms with van der Waals surface area (Å²) in [6.45, 7) is 0. The van der Waals surface area contributed by atoms with E-state index in [1.165, 1.54) is 12.1 Å². The Bertz CT molecular complexity index is 1080. The van der Waals surface area contributed by atoms with Crippen LogP contribution in [0.1, 0.15) is 31.2 Å². The molecule has 0 spiro atoms. The lowest BCUT2D eigenvalue weighted by Crippen LogP contribution is -2.42. The van der Waals surface area contributed by atoms with Gasteiger partial charge < -0.3 is 10.1 Å². The minimum atomic E-state index is -3.51. The Labute approximate surface area is 176 Å². The summed E-state index contributed by atoms with van der Waals surface area (Å²) < 4.78 is 43.5. The number of sulfone groups is 1. The van der Waals surface area contributed by atoms with Crippen LogP contribution in [-0.2, 0) is 21.1 Å². The molecule has 4 rings (SSSR count). The first kappa shape index (κ1) is 20.8. The van der Waals surface area contributed by atoms with E-state index in [-0.39, 0.29) is 22.4 Å². The van der Waals surface area contributed by atoms with Gasteiger partial charge in [-0.15, -0.1) is 0 Å². The molecule has 2 aliphatic rings. The fourth-order valence-corrected chi connectivity index (χ4v) is 5.89. The summed E-state index contributed by atoms with van der Waals surface area (Å²) in [5.74, 6) is 0.587. The van der Waals surface area contributed by atoms with Gasteiger partial charge in [0.25, 0.3) is 0 Å². The van der Waals surface area contributed by atoms with Crippen LogP contribution in [0.2, 0.25) is 0 Å². The number of carbonyl (C=O) groups excluding carboxylic acids is 1. The molecule has 5 nitrogen and oxygen atoms in total. The van der Waals surface area contributed by atoms with Crippen molar-refractivity contribution in [1.82, 2.24) is 0 Å². The lowest BCUT2D eigenvalue weighted by atomic mass is 9.68. The molecule has 2 fully saturated rings. The third-order valence-electron chi connectivity index (χ3n) is 6.70. The van der Waals surface area contributed by atoms with Gasteiger partial charge in [0.2, 0.25) is 5.91 Å². The van der Waals surface area contributed by atoms with E-state index < -0.39 is 21.1 Å². The van der Waals surface area contributed by atoms with Crippen molar-refractivity contribution in [2.75, 3.05) is 18.7 Å². The number of halogens is 1. The molecule has 1 amide bonds. The average Bonchev–Trinajstić information content (AvgIpc) is 3.30. The second-order valence-electron chi connectivity index (χ2n) is 8.63. The topological polar surface area (TPSA) is 72.5 Å². The summed E-state index contributed by atoms with van der Waals surface area (Å²) in [6.07, 6.45) is 5.47. The molecular formula is C23H26FNO4S. The quantitative estimate of drug-likeness (QED) is 0.695. The van der Waals surface area contributed by atoms with Gasteiger partial charge in [-0.1, -0.05) is 18.6 Å². The predicted octanol–water partition coefficient (Wildman–Crippen LogP) is 4.23. The zero-order valence-electron chi connectivity index (χ0n) is 17.2. The summed E-state index contributed by atoms with van der Waals surface area (Å²) in [7, 11) is -1.90. The number of hydrogen-bond acceptors (Lipinski definition) is 4. The van der Waals surface area contributed by atoms with E-state index in [4.69, 9.17) is 4.74 Å². The fourth-order valence-electron chi connectivity index (χ4n) is 5.24. The molecular weight excluding hydrogens is 405 g/mol. The number of benzene rings is 2. The van der Waals surface area contributed by atoms with Gasteiger partial charge in [-0.25, -0.2) is 12.8 Å². The van der Waals surface area contributed by atoms with Crippen LogP contribution in [0.5, 0.6) is 5.75 Å². The highest BCUT2D eigenvalue weighted by Gasteiger charge is 2.55. The minimum absolute atomic E-state index is 0.0195. The van der Waals surface area contributed by atoms with Crippen molar-refractivity contribution in [2.45, 2.75) is 37.0 Å². The van der Waals surface area contributed by atoms with E-state index >= 15 is 0 Å². The summed E-state index contributed by atoms with van der Waals surface area (Å²) in [4.78, 5) is 13.5. The fraction of sp³-hybridized carbons (Fsp3) is 0.435. The van der Waals surface area contributed by atoms with Crippen LogP contribution in [0.4, 0.5) is 10.1 Å². The molecule has 2 aromatic carbocycles. The van der Waals surface area contributed by atoms with Gasteiger partial charge in [-0.05, 0) is 73.4 Å². The normalized spacial score (nSPS) is 25.3. The van der Waals surface area contributed by atoms with Crippen molar-refractivity contribution in [2.24, 2.45) is 17.3 Å². The van der Waals surface area contributed by atoms with Crippen LogP contribution >= 0.6 is 0 Å². The van der Waals surface area contributed by atoms with Crippen LogP contribution in [0.25, 0.3) is 0 Å². The molecule has 7 heteroatoms. The summed E-state index contributed by atoms with van der Waals surface area (Å²) in [5.41, 5.74) is 0.279. The van der Waals surface area contributed by atoms with Gasteiger partial charge >= 0.3 is 0 Å². The molecule has 160 valence electrons. The molecule has 0 radical (unpaired) electrons. The highest BCUT2D eigenvalue weighted by molar-refractivity contribution is 7.90. The summed E-state index contributed by atoms with van der Waals surface area (Å²) in [6, 6.07) is 11.2. The monoisotopic (exact) mass is 431 g/mol. The molecule has 2 saturated carbocycles. The SMILES string of the molecule is COc1cccc(CC2(C(=O)Nc3cc(S(C)(=O)=O)ccc3F)CC3CCC2C3)c1. The van der Waals surface area contributed by atoms with Crippen LogP contribution in [0, 0.1) is 23.1 Å². The molecule has 1 N–H and O–H groups in total. The molecule has 0 saturated heterocycles. The van der Waals surface area contributed by atoms with Crippen molar-refractivity contribution in [3.63, 3.8) is 0 Å². The van der Waals surface area contributed by atoms with Crippen LogP contribution in [0.3, 0.4) is 0 Å². The Hall–Kier alpha value is -2.41. The summed E-state index contributed by atoms with van der Waals surface area (Å²) >= 11 is 0. The molecule has 0 heterocycles. The number of fused-ring (bicyclic) bond motifs is 2. The molecule has 0 aromatic heterocycles. The highest BCUT2D eigenvalue weighted by atomic mass is 32.2. The van der Waals surface area contributed by atoms with Crippen molar-refractivity contribution in [3.8, 4) is 5.75 Å². The Balaban J connectivity index is 1.66. The second-order valence-corrected chi connectivity index (χ2v) is 10.6. The Kier molecular flexibility index (Phi) is 5.34. The largest absolute Gasteiger partial charge is 0.497 e. The van der Waals surface area contributed by atoms with Crippen molar-refractivity contribution in [1.29, 1.82) is 0 Å². The molecule has 30 heavy (non-hydrogen) atoms. The maximum absolute atomic E-state index is 14.4. The van der Waals surface area contributed by atoms with Crippen LogP contribution < -0.4 is 10.1 Å². The second kappa shape index (κ2) is 7.69. The Morgan fingerprint density at radius 2 is 2.03 bits per heavy atom. The zero-order chi connectivity index (χ0) is 21.5. The number of methoxy groups -OCH3 is 1. The highest BCUT2D eigenvalue weighted by Crippen LogP contribution is 2.58. The van der Waals surface area contributed by atoms with E-state index in [1.54, 1.807) is 7.11 Å². The Morgan fingerprint density at radius 3 is 2.67 bits per heavy atom. The predicted molar refractivity (Wildman–Crippen MR) is 113 cm³/mol. The van der Waals surface area contributed by atoms with Gasteiger partial charge in [0.05, 0.1) is 23.1 Å². The van der Waals surface area contributed by atoms with E-state index in [0.717, 1.165) is 49.3 Å². The maximum Gasteiger partial charge on any atom is 0.231 e. The standard InChI is InChI=1S/C23H26FNO4S/c1-29-18-5-3-4-15(11-18)13-23(14-16-6-7-17(23)10-16)22(26)25-21-12-19(30(2,27)28)8-9-20(21)24/h3-5,8-9,11-12,16-17H,6-7,10,13-14H2,1-2H3,(H,25,26). The molecule has 2 aromatic rings. The number of anilines is 1. The van der Waals surface area contributed by atoms with E-state index in [9.17, 15) is 17.6 Å². The Morgan fingerprint density at radius 1 is 1.23 bits per heavy atom. The number of carbonyl (C=O) groups is 1. The van der Waals surface area contributed by atoms with E-state index in [1.807, 2.05) is 24.3 Å². The molecule has 3 unspecified atom stereocenters. The van der Waals surface area contributed by atoms with Gasteiger partial charge in [0.1, 0.15) is 11.6 Å². The van der Waals surface area contributed by atoms with E-state index in [2.05, 4.69) is 5.32 Å². The summed E-state index contributed by atoms with van der Waals surface area (Å²) in [5, 5.41) is 2.73. The number of hydrogen-bond donors (Lipinski definition) is 1. The van der Waals surface area contributed by atoms with Gasteiger partial charge in [-0.2, -0.15) is 0 Å². The molecule has 2 bridgehead atoms. The average molecular weight is 432 g/mol. The number of ether oxygens (including phenoxy) is 1. The lowest BCUT2D eigenvalue weighted by molar-refractivity contribution is -0.128. The maximum atomic E-state index is 14.4. The first-order chi connectivity index (χ1) is 14.2. The smallest absolute Gasteiger partial charge is 0.231 e. The van der Waals surface area contributed by atoms with Crippen molar-refractivity contribution < 1.29 is 22.3 Å². The van der Waals surface area contributed by atoms with Crippen molar-refractivity contribution in [3.05, 3.63) is 53.8 Å². The lowest BCUT2D eigenvalue weighted by Gasteiger charge is -2.36. The number of rotatable bonds is 6. The van der Waals surface area contributed by atoms with Gasteiger partial charge in [0, 0.05) is 6.26 Å². The molecule has 3 atom stereocenters. The van der Waals surface area contributed by atoms with Crippen molar-refractivity contribution >= 4 is 21.4 Å². The minimum Gasteiger partial charge on any atom is -0.497 e. The number of nitrogens with one attached hydrogen (secondary N) is 1. The molecule has 0 aliphatic heterocycles. The first-order valence-corrected chi connectivity index (χ1v) is 12.0. The van der Waals surface area contributed by atoms with E-state index in [0.29, 0.717) is 12.3 Å². The number of amides is 1. The van der Waals surface area contributed by atoms with Gasteiger partial charge in [0.15, 0.2) is 9.84 Å². The van der Waals surface area contributed by atoms with Gasteiger partial charge in [-0.3, -0.25) is 4.79 Å².